The van der Waals surface area contributed by atoms with Crippen molar-refractivity contribution >= 4 is 90.7 Å². The summed E-state index contributed by atoms with van der Waals surface area (Å²) in [7, 11) is -7.71. The van der Waals surface area contributed by atoms with Gasteiger partial charge in [0.25, 0.3) is 0 Å². The molecule has 18 nitrogen and oxygen atoms in total. The van der Waals surface area contributed by atoms with Crippen molar-refractivity contribution in [1.82, 2.24) is 29.9 Å². The van der Waals surface area contributed by atoms with Crippen LogP contribution in [-0.2, 0) is 56.1 Å². The van der Waals surface area contributed by atoms with Gasteiger partial charge in [-0.1, -0.05) is 54.6 Å². The van der Waals surface area contributed by atoms with Crippen LogP contribution in [0.5, 0.6) is 23.4 Å². The molecule has 1 saturated heterocycles. The smallest absolute Gasteiger partial charge is 0.496 e. The number of pyridine rings is 6. The highest BCUT2D eigenvalue weighted by Gasteiger charge is 2.52. The number of benzene rings is 3. The summed E-state index contributed by atoms with van der Waals surface area (Å²) in [5.41, 5.74) is 3.61. The van der Waals surface area contributed by atoms with Crippen molar-refractivity contribution in [2.24, 2.45) is 0 Å². The predicted octanol–water partition coefficient (Wildman–Crippen LogP) is 8.60. The Hall–Kier alpha value is -7.15. The third kappa shape index (κ3) is 13.0. The average Bonchev–Trinajstić information content (AvgIpc) is 3.65. The van der Waals surface area contributed by atoms with Crippen LogP contribution in [-0.4, -0.2) is 99.9 Å². The predicted molar refractivity (Wildman–Crippen MR) is 295 cm³/mol. The summed E-state index contributed by atoms with van der Waals surface area (Å²) in [5, 5.41) is 12.2. The number of methoxy groups -OCH3 is 3. The SMILES string of the molecule is COc1ncc(B2OC(C)(C)C(C)(C)O2)cc1S(=O)(=O)Cc1cnc2ccccc2c1.COc1ncc(Br)cc1S(=O)(=O)Cc1cnc2ccccc2c1.COc1ncc(O)cc1S(=O)(=O)Cc1cnc2ccccc2c1. The second-order valence-electron chi connectivity index (χ2n) is 18.6. The Kier molecular flexibility index (Phi) is 16.6. The lowest BCUT2D eigenvalue weighted by molar-refractivity contribution is 0.00578. The molecule has 0 amide bonds. The highest BCUT2D eigenvalue weighted by atomic mass is 79.9. The minimum Gasteiger partial charge on any atom is -0.506 e. The first-order chi connectivity index (χ1) is 36.5. The number of halogens is 1. The van der Waals surface area contributed by atoms with E-state index in [0.717, 1.165) is 45.0 Å². The van der Waals surface area contributed by atoms with E-state index >= 15 is 0 Å². The molecule has 0 atom stereocenters. The van der Waals surface area contributed by atoms with Crippen molar-refractivity contribution in [3.05, 3.63) is 168 Å². The van der Waals surface area contributed by atoms with E-state index in [4.69, 9.17) is 23.5 Å². The van der Waals surface area contributed by atoms with E-state index in [9.17, 15) is 30.4 Å². The summed E-state index contributed by atoms with van der Waals surface area (Å²) >= 11 is 3.24. The third-order valence-corrected chi connectivity index (χ3v) is 18.0. The third-order valence-electron chi connectivity index (χ3n) is 12.6. The first-order valence-corrected chi connectivity index (χ1v) is 29.3. The maximum Gasteiger partial charge on any atom is 0.496 e. The molecule has 3 aromatic carbocycles. The van der Waals surface area contributed by atoms with Gasteiger partial charge in [-0.25, -0.2) is 40.2 Å². The monoisotopic (exact) mass is 1160 g/mol. The van der Waals surface area contributed by atoms with E-state index in [-0.39, 0.29) is 55.3 Å². The number of fused-ring (bicyclic) bond motifs is 3. The van der Waals surface area contributed by atoms with Gasteiger partial charge in [0.05, 0.1) is 72.5 Å². The van der Waals surface area contributed by atoms with Gasteiger partial charge in [0.15, 0.2) is 29.5 Å². The van der Waals surface area contributed by atoms with Gasteiger partial charge in [-0.3, -0.25) is 15.0 Å². The zero-order valence-corrected chi connectivity index (χ0v) is 46.8. The number of aromatic hydroxyl groups is 1. The molecular formula is C54H52BBrN6O12S3. The number of sulfone groups is 3. The van der Waals surface area contributed by atoms with Crippen LogP contribution < -0.4 is 19.7 Å². The minimum atomic E-state index is -3.77. The molecule has 1 aliphatic rings. The van der Waals surface area contributed by atoms with Crippen molar-refractivity contribution in [2.75, 3.05) is 21.3 Å². The Labute approximate surface area is 454 Å². The molecule has 0 radical (unpaired) electrons. The van der Waals surface area contributed by atoms with Crippen molar-refractivity contribution in [3.8, 4) is 23.4 Å². The Balaban J connectivity index is 0.000000155. The number of para-hydroxylation sites is 3. The van der Waals surface area contributed by atoms with Crippen LogP contribution >= 0.6 is 15.9 Å². The molecular weight excluding hydrogens is 1110 g/mol. The van der Waals surface area contributed by atoms with Gasteiger partial charge >= 0.3 is 7.12 Å². The van der Waals surface area contributed by atoms with Gasteiger partial charge in [0.1, 0.15) is 20.4 Å². The van der Waals surface area contributed by atoms with Gasteiger partial charge in [-0.05, 0) is 109 Å². The van der Waals surface area contributed by atoms with Crippen LogP contribution in [0.15, 0.2) is 166 Å². The van der Waals surface area contributed by atoms with Gasteiger partial charge < -0.3 is 28.6 Å². The first-order valence-electron chi connectivity index (χ1n) is 23.5. The number of nitrogens with zero attached hydrogens (tertiary/aromatic N) is 6. The maximum absolute atomic E-state index is 13.3. The van der Waals surface area contributed by atoms with E-state index in [2.05, 4.69) is 45.8 Å². The highest BCUT2D eigenvalue weighted by Crippen LogP contribution is 2.37. The number of rotatable bonds is 13. The van der Waals surface area contributed by atoms with E-state index < -0.39 is 47.8 Å². The van der Waals surface area contributed by atoms with Crippen molar-refractivity contribution in [1.29, 1.82) is 0 Å². The van der Waals surface area contributed by atoms with Crippen LogP contribution in [0.25, 0.3) is 32.7 Å². The van der Waals surface area contributed by atoms with Crippen LogP contribution in [0.2, 0.25) is 0 Å². The van der Waals surface area contributed by atoms with Gasteiger partial charge in [-0.15, -0.1) is 0 Å². The van der Waals surface area contributed by atoms with Crippen LogP contribution in [0, 0.1) is 0 Å². The fraction of sp³-hybridized carbons (Fsp3) is 0.222. The first kappa shape index (κ1) is 56.1. The van der Waals surface area contributed by atoms with E-state index in [1.165, 1.54) is 52.1 Å². The fourth-order valence-corrected chi connectivity index (χ4v) is 12.9. The Morgan fingerprint density at radius 2 is 0.831 bits per heavy atom. The van der Waals surface area contributed by atoms with Gasteiger partial charge in [-0.2, -0.15) is 0 Å². The van der Waals surface area contributed by atoms with E-state index in [0.29, 0.717) is 26.6 Å². The van der Waals surface area contributed by atoms with Crippen molar-refractivity contribution in [3.63, 3.8) is 0 Å². The summed E-state index contributed by atoms with van der Waals surface area (Å²) < 4.78 is 105. The molecule has 398 valence electrons. The largest absolute Gasteiger partial charge is 0.506 e. The number of aromatic nitrogens is 6. The molecule has 10 rings (SSSR count). The second-order valence-corrected chi connectivity index (χ2v) is 25.4. The minimum absolute atomic E-state index is 0.00429. The van der Waals surface area contributed by atoms with Crippen molar-refractivity contribution < 1.29 is 53.9 Å². The molecule has 1 N–H and O–H groups in total. The highest BCUT2D eigenvalue weighted by molar-refractivity contribution is 9.10. The molecule has 6 aromatic heterocycles. The molecule has 7 heterocycles. The molecule has 0 unspecified atom stereocenters. The lowest BCUT2D eigenvalue weighted by atomic mass is 9.80. The molecule has 9 aromatic rings. The molecule has 0 aliphatic carbocycles. The Morgan fingerprint density at radius 3 is 1.23 bits per heavy atom. The molecule has 0 bridgehead atoms. The number of hydrogen-bond donors (Lipinski definition) is 1. The van der Waals surface area contributed by atoms with Crippen LogP contribution in [0.3, 0.4) is 0 Å². The molecule has 0 saturated carbocycles. The average molecular weight is 1160 g/mol. The molecule has 1 aliphatic heterocycles. The maximum atomic E-state index is 13.3. The van der Waals surface area contributed by atoms with E-state index in [1.54, 1.807) is 18.5 Å². The van der Waals surface area contributed by atoms with Crippen LogP contribution in [0.4, 0.5) is 0 Å². The second kappa shape index (κ2) is 22.8. The van der Waals surface area contributed by atoms with Crippen LogP contribution in [0.1, 0.15) is 44.4 Å². The topological polar surface area (TPSA) is 246 Å². The standard InChI is InChI=1S/C22H25BN2O5S.C16H13BrN2O3S.C16H14N2O4S/c1-21(2)22(3,4)30-23(29-21)17-11-19(20(28-5)25-13-17)31(26,27)14-15-10-16-8-6-7-9-18(16)24-12-15;1-22-16-15(7-13(17)9-19-16)23(20,21)10-11-6-12-4-2-3-5-14(12)18-8-11;1-22-16-15(7-13(19)9-18-16)23(20,21)10-11-6-12-4-2-3-5-14(12)17-8-11/h6-13H,14H2,1-5H3;2-9H,10H2,1H3;2-9,19H,10H2,1H3. The molecule has 77 heavy (non-hydrogen) atoms. The Bertz CT molecular complexity index is 3830. The summed E-state index contributed by atoms with van der Waals surface area (Å²) in [4.78, 5) is 24.8. The summed E-state index contributed by atoms with van der Waals surface area (Å²) in [6.07, 6.45) is 8.85. The van der Waals surface area contributed by atoms with Crippen molar-refractivity contribution in [2.45, 2.75) is 70.8 Å². The lowest BCUT2D eigenvalue weighted by Gasteiger charge is -2.32. The molecule has 23 heteroatoms. The molecule has 0 spiro atoms. The summed E-state index contributed by atoms with van der Waals surface area (Å²) in [6.45, 7) is 7.76. The number of hydrogen-bond acceptors (Lipinski definition) is 18. The molecule has 1 fully saturated rings. The quantitative estimate of drug-likeness (QED) is 0.106. The normalized spacial score (nSPS) is 14.1. The van der Waals surface area contributed by atoms with Gasteiger partial charge in [0, 0.05) is 63.1 Å². The fourth-order valence-electron chi connectivity index (χ4n) is 7.99. The van der Waals surface area contributed by atoms with Gasteiger partial charge in [0.2, 0.25) is 17.6 Å². The summed E-state index contributed by atoms with van der Waals surface area (Å²) in [6, 6.07) is 32.2. The Morgan fingerprint density at radius 1 is 0.481 bits per heavy atom. The zero-order valence-electron chi connectivity index (χ0n) is 42.8. The summed E-state index contributed by atoms with van der Waals surface area (Å²) in [5.74, 6) is -0.810. The zero-order chi connectivity index (χ0) is 55.3. The lowest BCUT2D eigenvalue weighted by Crippen LogP contribution is -2.41. The van der Waals surface area contributed by atoms with E-state index in [1.807, 2.05) is 113 Å². The number of ether oxygens (including phenoxy) is 3.